The molecule has 1 aromatic carbocycles. The molecule has 1 saturated heterocycles. The fourth-order valence-corrected chi connectivity index (χ4v) is 5.65. The van der Waals surface area contributed by atoms with Crippen LogP contribution in [0, 0.1) is 17.1 Å². The lowest BCUT2D eigenvalue weighted by atomic mass is 10.1. The standard InChI is InChI=1S/C25H25FN6O3S/c1-31-21-18(14-29-30-23(21)35-15-25(6-7-25)36-32-8-2-3-9-32)11-19(24(31)34)22(33)28-13-16-4-5-17(12-27)20(26)10-16/h4-5,10-11,14H,2-3,6-9,13,15H2,1H3,(H,28,33). The van der Waals surface area contributed by atoms with Crippen LogP contribution in [-0.4, -0.2) is 49.4 Å². The molecule has 3 aromatic rings. The highest BCUT2D eigenvalue weighted by Gasteiger charge is 2.46. The quantitative estimate of drug-likeness (QED) is 0.462. The SMILES string of the molecule is Cn1c(=O)c(C(=O)NCc2ccc(C#N)c(F)c2)cc2cnnc(OCC3(SN4CCCC4)CC3)c21. The van der Waals surface area contributed by atoms with Gasteiger partial charge in [-0.05, 0) is 49.4 Å². The average Bonchev–Trinajstić information content (AvgIpc) is 3.45. The highest BCUT2D eigenvalue weighted by Crippen LogP contribution is 2.50. The van der Waals surface area contributed by atoms with Gasteiger partial charge in [0, 0.05) is 32.1 Å². The van der Waals surface area contributed by atoms with Gasteiger partial charge in [-0.2, -0.15) is 10.4 Å². The van der Waals surface area contributed by atoms with Gasteiger partial charge in [-0.25, -0.2) is 4.39 Å². The predicted molar refractivity (Wildman–Crippen MR) is 133 cm³/mol. The number of carbonyl (C=O) groups is 1. The molecule has 0 radical (unpaired) electrons. The fraction of sp³-hybridized carbons (Fsp3) is 0.400. The molecule has 2 aliphatic rings. The molecule has 0 atom stereocenters. The largest absolute Gasteiger partial charge is 0.474 e. The molecule has 1 aliphatic heterocycles. The number of aromatic nitrogens is 3. The summed E-state index contributed by atoms with van der Waals surface area (Å²) in [6.45, 7) is 2.67. The number of carbonyl (C=O) groups excluding carboxylic acids is 1. The van der Waals surface area contributed by atoms with Gasteiger partial charge in [0.2, 0.25) is 0 Å². The Morgan fingerprint density at radius 2 is 2.08 bits per heavy atom. The first-order valence-electron chi connectivity index (χ1n) is 11.8. The Hall–Kier alpha value is -3.49. The number of rotatable bonds is 8. The second-order valence-electron chi connectivity index (χ2n) is 9.18. The van der Waals surface area contributed by atoms with Gasteiger partial charge in [-0.1, -0.05) is 18.0 Å². The summed E-state index contributed by atoms with van der Waals surface area (Å²) in [5, 5.41) is 20.2. The number of hydrogen-bond donors (Lipinski definition) is 1. The summed E-state index contributed by atoms with van der Waals surface area (Å²) >= 11 is 1.86. The van der Waals surface area contributed by atoms with Crippen LogP contribution in [-0.2, 0) is 13.6 Å². The summed E-state index contributed by atoms with van der Waals surface area (Å²) in [7, 11) is 1.57. The van der Waals surface area contributed by atoms with E-state index in [4.69, 9.17) is 10.00 Å². The molecular formula is C25H25FN6O3S. The number of aryl methyl sites for hydroxylation is 1. The van der Waals surface area contributed by atoms with Crippen LogP contribution in [0.4, 0.5) is 4.39 Å². The van der Waals surface area contributed by atoms with Crippen molar-refractivity contribution in [1.29, 1.82) is 5.26 Å². The van der Waals surface area contributed by atoms with Gasteiger partial charge in [-0.3, -0.25) is 13.9 Å². The van der Waals surface area contributed by atoms with Crippen LogP contribution in [0.2, 0.25) is 0 Å². The van der Waals surface area contributed by atoms with Crippen LogP contribution >= 0.6 is 11.9 Å². The fourth-order valence-electron chi connectivity index (χ4n) is 4.27. The first-order chi connectivity index (χ1) is 17.4. The molecule has 186 valence electrons. The molecule has 9 nitrogen and oxygen atoms in total. The Bertz CT molecular complexity index is 1430. The van der Waals surface area contributed by atoms with Gasteiger partial charge in [0.15, 0.2) is 0 Å². The highest BCUT2D eigenvalue weighted by atomic mass is 32.2. The zero-order chi connectivity index (χ0) is 25.3. The van der Waals surface area contributed by atoms with E-state index in [2.05, 4.69) is 19.8 Å². The Balaban J connectivity index is 1.32. The normalized spacial score (nSPS) is 16.6. The van der Waals surface area contributed by atoms with E-state index in [9.17, 15) is 14.0 Å². The number of hydrogen-bond acceptors (Lipinski definition) is 8. The van der Waals surface area contributed by atoms with E-state index in [1.807, 2.05) is 11.9 Å². The molecule has 1 saturated carbocycles. The Labute approximate surface area is 211 Å². The minimum Gasteiger partial charge on any atom is -0.474 e. The first-order valence-corrected chi connectivity index (χ1v) is 12.6. The number of amides is 1. The van der Waals surface area contributed by atoms with E-state index >= 15 is 0 Å². The molecule has 1 N–H and O–H groups in total. The Kier molecular flexibility index (Phi) is 6.64. The molecule has 2 aromatic heterocycles. The van der Waals surface area contributed by atoms with Crippen molar-refractivity contribution in [2.24, 2.45) is 7.05 Å². The lowest BCUT2D eigenvalue weighted by Crippen LogP contribution is -2.32. The lowest BCUT2D eigenvalue weighted by molar-refractivity contribution is 0.0949. The number of nitrogens with one attached hydrogen (secondary N) is 1. The summed E-state index contributed by atoms with van der Waals surface area (Å²) in [5.74, 6) is -0.996. The summed E-state index contributed by atoms with van der Waals surface area (Å²) in [5.41, 5.74) is 0.301. The lowest BCUT2D eigenvalue weighted by Gasteiger charge is -2.22. The molecule has 0 spiro atoms. The Morgan fingerprint density at radius 1 is 1.31 bits per heavy atom. The number of nitrogens with zero attached hydrogens (tertiary/aromatic N) is 5. The third-order valence-electron chi connectivity index (χ3n) is 6.51. The summed E-state index contributed by atoms with van der Waals surface area (Å²) < 4.78 is 23.7. The second kappa shape index (κ2) is 9.87. The van der Waals surface area contributed by atoms with Gasteiger partial charge >= 0.3 is 0 Å². The predicted octanol–water partition coefficient (Wildman–Crippen LogP) is 2.92. The van der Waals surface area contributed by atoms with Gasteiger partial charge in [0.05, 0.1) is 16.5 Å². The third kappa shape index (κ3) is 4.92. The Morgan fingerprint density at radius 3 is 2.78 bits per heavy atom. The van der Waals surface area contributed by atoms with Crippen molar-refractivity contribution in [1.82, 2.24) is 24.4 Å². The van der Waals surface area contributed by atoms with Crippen LogP contribution in [0.3, 0.4) is 0 Å². The topological polar surface area (TPSA) is 113 Å². The monoisotopic (exact) mass is 508 g/mol. The van der Waals surface area contributed by atoms with Crippen LogP contribution < -0.4 is 15.6 Å². The third-order valence-corrected chi connectivity index (χ3v) is 8.05. The van der Waals surface area contributed by atoms with E-state index < -0.39 is 17.3 Å². The maximum absolute atomic E-state index is 13.9. The summed E-state index contributed by atoms with van der Waals surface area (Å²) in [6.07, 6.45) is 6.07. The summed E-state index contributed by atoms with van der Waals surface area (Å²) in [6, 6.07) is 7.31. The number of fused-ring (bicyclic) bond motifs is 1. The average molecular weight is 509 g/mol. The van der Waals surface area contributed by atoms with E-state index in [-0.39, 0.29) is 28.3 Å². The number of pyridine rings is 1. The zero-order valence-corrected chi connectivity index (χ0v) is 20.6. The van der Waals surface area contributed by atoms with Crippen LogP contribution in [0.1, 0.15) is 47.2 Å². The number of nitriles is 1. The smallest absolute Gasteiger partial charge is 0.263 e. The molecule has 2 fully saturated rings. The van der Waals surface area contributed by atoms with Crippen molar-refractivity contribution >= 4 is 28.8 Å². The van der Waals surface area contributed by atoms with Crippen LogP contribution in [0.5, 0.6) is 5.88 Å². The van der Waals surface area contributed by atoms with Crippen molar-refractivity contribution in [2.45, 2.75) is 37.0 Å². The van der Waals surface area contributed by atoms with Crippen molar-refractivity contribution in [3.63, 3.8) is 0 Å². The molecule has 3 heterocycles. The molecular weight excluding hydrogens is 483 g/mol. The molecule has 1 amide bonds. The van der Waals surface area contributed by atoms with Crippen LogP contribution in [0.15, 0.2) is 35.3 Å². The number of benzene rings is 1. The van der Waals surface area contributed by atoms with E-state index in [1.165, 1.54) is 41.8 Å². The maximum Gasteiger partial charge on any atom is 0.263 e. The van der Waals surface area contributed by atoms with Crippen LogP contribution in [0.25, 0.3) is 10.9 Å². The summed E-state index contributed by atoms with van der Waals surface area (Å²) in [4.78, 5) is 25.9. The second-order valence-corrected chi connectivity index (χ2v) is 10.7. The van der Waals surface area contributed by atoms with Gasteiger partial charge in [0.25, 0.3) is 17.3 Å². The minimum atomic E-state index is -0.663. The molecule has 0 bridgehead atoms. The van der Waals surface area contributed by atoms with E-state index in [1.54, 1.807) is 19.2 Å². The van der Waals surface area contributed by atoms with Crippen molar-refractivity contribution in [2.75, 3.05) is 19.7 Å². The molecule has 0 unspecified atom stereocenters. The van der Waals surface area contributed by atoms with Crippen molar-refractivity contribution in [3.8, 4) is 11.9 Å². The maximum atomic E-state index is 13.9. The van der Waals surface area contributed by atoms with Gasteiger partial charge in [0.1, 0.15) is 29.6 Å². The molecule has 36 heavy (non-hydrogen) atoms. The van der Waals surface area contributed by atoms with Gasteiger partial charge < -0.3 is 14.6 Å². The molecule has 11 heteroatoms. The van der Waals surface area contributed by atoms with E-state index in [0.29, 0.717) is 23.1 Å². The number of ether oxygens (including phenoxy) is 1. The molecule has 1 aliphatic carbocycles. The minimum absolute atomic E-state index is 0.00236. The highest BCUT2D eigenvalue weighted by molar-refractivity contribution is 7.98. The number of halogens is 1. The molecule has 5 rings (SSSR count). The van der Waals surface area contributed by atoms with Crippen molar-refractivity contribution in [3.05, 3.63) is 63.3 Å². The van der Waals surface area contributed by atoms with Gasteiger partial charge in [-0.15, -0.1) is 5.10 Å². The first kappa shape index (κ1) is 24.2. The van der Waals surface area contributed by atoms with Crippen molar-refractivity contribution < 1.29 is 13.9 Å². The van der Waals surface area contributed by atoms with E-state index in [0.717, 1.165) is 25.9 Å². The zero-order valence-electron chi connectivity index (χ0n) is 19.8.